The maximum atomic E-state index is 11.0. The number of fused-ring (bicyclic) bond motifs is 1. The molecule has 1 N–H and O–H groups in total. The molecule has 1 saturated carbocycles. The Labute approximate surface area is 71.9 Å². The predicted molar refractivity (Wildman–Crippen MR) is 42.7 cm³/mol. The average Bonchev–Trinajstić information content (AvgIpc) is 2.62. The van der Waals surface area contributed by atoms with Gasteiger partial charge in [0.1, 0.15) is 6.04 Å². The molecule has 3 unspecified atom stereocenters. The Morgan fingerprint density at radius 1 is 1.64 bits per heavy atom. The van der Waals surface area contributed by atoms with E-state index >= 15 is 0 Å². The lowest BCUT2D eigenvalue weighted by atomic mass is 10.2. The first kappa shape index (κ1) is 8.81. The zero-order valence-corrected chi connectivity index (χ0v) is 7.19. The molecule has 1 heterocycles. The zero-order chi connectivity index (χ0) is 7.14. The molecule has 11 heavy (non-hydrogen) atoms. The van der Waals surface area contributed by atoms with Gasteiger partial charge < -0.3 is 10.1 Å². The first-order chi connectivity index (χ1) is 4.83. The van der Waals surface area contributed by atoms with Crippen molar-refractivity contribution >= 4 is 18.4 Å². The Morgan fingerprint density at radius 2 is 2.36 bits per heavy atom. The van der Waals surface area contributed by atoms with E-state index in [2.05, 4.69) is 10.1 Å². The van der Waals surface area contributed by atoms with Crippen molar-refractivity contribution in [1.82, 2.24) is 5.32 Å². The molecular weight excluding hydrogens is 166 g/mol. The molecular formula is C7H12ClNO2. The third-order valence-electron chi connectivity index (χ3n) is 2.46. The lowest BCUT2D eigenvalue weighted by Crippen LogP contribution is -2.35. The molecule has 2 rings (SSSR count). The molecule has 4 heteroatoms. The van der Waals surface area contributed by atoms with Crippen LogP contribution in [0.4, 0.5) is 0 Å². The summed E-state index contributed by atoms with van der Waals surface area (Å²) in [6.07, 6.45) is 1.22. The molecule has 0 amide bonds. The number of halogens is 1. The number of hydrogen-bond donors (Lipinski definition) is 1. The highest BCUT2D eigenvalue weighted by atomic mass is 35.5. The molecule has 0 aromatic carbocycles. The van der Waals surface area contributed by atoms with Gasteiger partial charge in [-0.3, -0.25) is 4.79 Å². The minimum atomic E-state index is -0.0926. The van der Waals surface area contributed by atoms with E-state index in [4.69, 9.17) is 0 Å². The average molecular weight is 178 g/mol. The van der Waals surface area contributed by atoms with Crippen LogP contribution in [0.15, 0.2) is 0 Å². The number of carbonyl (C=O) groups excluding carboxylic acids is 1. The molecule has 1 saturated heterocycles. The standard InChI is InChI=1S/C7H11NO2.ClH/c1-10-7(9)6-5-2-4(5)3-8-6;/h4-6,8H,2-3H2,1H3;1H. The number of methoxy groups -OCH3 is 1. The normalized spacial score (nSPS) is 38.8. The number of carbonyl (C=O) groups is 1. The monoisotopic (exact) mass is 177 g/mol. The molecule has 0 radical (unpaired) electrons. The maximum absolute atomic E-state index is 11.0. The van der Waals surface area contributed by atoms with Gasteiger partial charge in [0.25, 0.3) is 0 Å². The van der Waals surface area contributed by atoms with Gasteiger partial charge in [0.2, 0.25) is 0 Å². The van der Waals surface area contributed by atoms with Crippen molar-refractivity contribution in [3.63, 3.8) is 0 Å². The highest BCUT2D eigenvalue weighted by Crippen LogP contribution is 2.45. The lowest BCUT2D eigenvalue weighted by molar-refractivity contribution is -0.143. The van der Waals surface area contributed by atoms with Crippen molar-refractivity contribution < 1.29 is 9.53 Å². The SMILES string of the molecule is COC(=O)C1NCC2CC21.Cl. The Morgan fingerprint density at radius 3 is 2.73 bits per heavy atom. The fraction of sp³-hybridized carbons (Fsp3) is 0.857. The largest absolute Gasteiger partial charge is 0.468 e. The Bertz CT molecular complexity index is 174. The summed E-state index contributed by atoms with van der Waals surface area (Å²) in [5.74, 6) is 1.27. The molecule has 1 aliphatic carbocycles. The number of nitrogens with one attached hydrogen (secondary N) is 1. The third-order valence-corrected chi connectivity index (χ3v) is 2.46. The summed E-state index contributed by atoms with van der Waals surface area (Å²) in [5, 5.41) is 3.13. The third kappa shape index (κ3) is 1.35. The van der Waals surface area contributed by atoms with E-state index < -0.39 is 0 Å². The second-order valence-electron chi connectivity index (χ2n) is 3.07. The van der Waals surface area contributed by atoms with Crippen LogP contribution in [0.25, 0.3) is 0 Å². The Kier molecular flexibility index (Phi) is 2.40. The van der Waals surface area contributed by atoms with Crippen LogP contribution < -0.4 is 5.32 Å². The summed E-state index contributed by atoms with van der Waals surface area (Å²) in [5.41, 5.74) is 0. The van der Waals surface area contributed by atoms with Crippen LogP contribution in [0, 0.1) is 11.8 Å². The number of rotatable bonds is 1. The van der Waals surface area contributed by atoms with Crippen molar-refractivity contribution in [1.29, 1.82) is 0 Å². The molecule has 0 aromatic heterocycles. The van der Waals surface area contributed by atoms with E-state index in [9.17, 15) is 4.79 Å². The van der Waals surface area contributed by atoms with Crippen LogP contribution >= 0.6 is 12.4 Å². The minimum Gasteiger partial charge on any atom is -0.468 e. The molecule has 64 valence electrons. The lowest BCUT2D eigenvalue weighted by Gasteiger charge is -2.08. The van der Waals surface area contributed by atoms with Crippen molar-refractivity contribution in [2.24, 2.45) is 11.8 Å². The molecule has 2 aliphatic rings. The molecule has 3 atom stereocenters. The molecule has 3 nitrogen and oxygen atoms in total. The van der Waals surface area contributed by atoms with Crippen molar-refractivity contribution in [3.8, 4) is 0 Å². The summed E-state index contributed by atoms with van der Waals surface area (Å²) in [7, 11) is 1.44. The molecule has 0 spiro atoms. The second-order valence-corrected chi connectivity index (χ2v) is 3.07. The van der Waals surface area contributed by atoms with E-state index in [0.29, 0.717) is 5.92 Å². The first-order valence-electron chi connectivity index (χ1n) is 3.64. The fourth-order valence-electron chi connectivity index (χ4n) is 1.73. The number of esters is 1. The summed E-state index contributed by atoms with van der Waals surface area (Å²) in [6, 6.07) is 0.00926. The smallest absolute Gasteiger partial charge is 0.323 e. The zero-order valence-electron chi connectivity index (χ0n) is 6.37. The highest BCUT2D eigenvalue weighted by Gasteiger charge is 2.51. The molecule has 1 aliphatic heterocycles. The van der Waals surface area contributed by atoms with E-state index in [1.807, 2.05) is 0 Å². The Hall–Kier alpha value is -0.280. The summed E-state index contributed by atoms with van der Waals surface area (Å²) in [6.45, 7) is 1.00. The predicted octanol–water partition coefficient (Wildman–Crippen LogP) is 0.189. The molecule has 2 fully saturated rings. The van der Waals surface area contributed by atoms with Crippen LogP contribution in [0.1, 0.15) is 6.42 Å². The highest BCUT2D eigenvalue weighted by molar-refractivity contribution is 5.85. The summed E-state index contributed by atoms with van der Waals surface area (Å²) < 4.78 is 4.63. The molecule has 0 aromatic rings. The van der Waals surface area contributed by atoms with Gasteiger partial charge in [0, 0.05) is 0 Å². The van der Waals surface area contributed by atoms with Crippen molar-refractivity contribution in [2.45, 2.75) is 12.5 Å². The fourth-order valence-corrected chi connectivity index (χ4v) is 1.73. The van der Waals surface area contributed by atoms with Crippen LogP contribution in [0.2, 0.25) is 0 Å². The van der Waals surface area contributed by atoms with Gasteiger partial charge in [0.05, 0.1) is 7.11 Å². The van der Waals surface area contributed by atoms with Gasteiger partial charge in [-0.25, -0.2) is 0 Å². The second kappa shape index (κ2) is 2.99. The number of hydrogen-bond acceptors (Lipinski definition) is 3. The van der Waals surface area contributed by atoms with Gasteiger partial charge in [-0.2, -0.15) is 0 Å². The van der Waals surface area contributed by atoms with Crippen LogP contribution in [0.5, 0.6) is 0 Å². The number of piperidine rings is 1. The number of ether oxygens (including phenoxy) is 1. The van der Waals surface area contributed by atoms with Gasteiger partial charge in [-0.1, -0.05) is 0 Å². The van der Waals surface area contributed by atoms with Gasteiger partial charge >= 0.3 is 5.97 Å². The van der Waals surface area contributed by atoms with Crippen LogP contribution in [-0.2, 0) is 9.53 Å². The van der Waals surface area contributed by atoms with E-state index in [0.717, 1.165) is 12.5 Å². The van der Waals surface area contributed by atoms with Crippen molar-refractivity contribution in [2.75, 3.05) is 13.7 Å². The quantitative estimate of drug-likeness (QED) is 0.582. The van der Waals surface area contributed by atoms with E-state index in [1.165, 1.54) is 13.5 Å². The van der Waals surface area contributed by atoms with E-state index in [1.54, 1.807) is 0 Å². The van der Waals surface area contributed by atoms with Crippen molar-refractivity contribution in [3.05, 3.63) is 0 Å². The van der Waals surface area contributed by atoms with E-state index in [-0.39, 0.29) is 24.4 Å². The molecule has 0 bridgehead atoms. The van der Waals surface area contributed by atoms with Gasteiger partial charge in [-0.15, -0.1) is 12.4 Å². The Balaban J connectivity index is 0.000000605. The maximum Gasteiger partial charge on any atom is 0.323 e. The topological polar surface area (TPSA) is 38.3 Å². The minimum absolute atomic E-state index is 0. The van der Waals surface area contributed by atoms with Gasteiger partial charge in [0.15, 0.2) is 0 Å². The van der Waals surface area contributed by atoms with Crippen LogP contribution in [0.3, 0.4) is 0 Å². The summed E-state index contributed by atoms with van der Waals surface area (Å²) >= 11 is 0. The summed E-state index contributed by atoms with van der Waals surface area (Å²) in [4.78, 5) is 11.0. The van der Waals surface area contributed by atoms with Gasteiger partial charge in [-0.05, 0) is 24.8 Å². The first-order valence-corrected chi connectivity index (χ1v) is 3.64. The van der Waals surface area contributed by atoms with Crippen LogP contribution in [-0.4, -0.2) is 25.7 Å².